The normalized spacial score (nSPS) is 17.2. The van der Waals surface area contributed by atoms with Gasteiger partial charge >= 0.3 is 11.9 Å². The van der Waals surface area contributed by atoms with Gasteiger partial charge in [0.05, 0.1) is 19.1 Å². The Balaban J connectivity index is 0.000000208. The Kier molecular flexibility index (Phi) is 8.27. The number of ether oxygens (including phenoxy) is 2. The van der Waals surface area contributed by atoms with Crippen LogP contribution in [0.1, 0.15) is 37.3 Å². The molecule has 0 spiro atoms. The molecule has 0 amide bonds. The SMILES string of the molecule is CCOC(=O)/C=C/c1ccc(N)cc1.CCOC(=O)[C@@H]1C[C@H]1c1ccc(N)cc1. The molecule has 154 valence electrons. The molecule has 6 heteroatoms. The number of benzene rings is 2. The van der Waals surface area contributed by atoms with E-state index in [0.717, 1.165) is 17.7 Å². The van der Waals surface area contributed by atoms with Crippen LogP contribution in [0.15, 0.2) is 54.6 Å². The second-order valence-electron chi connectivity index (χ2n) is 6.62. The number of anilines is 2. The molecule has 29 heavy (non-hydrogen) atoms. The molecule has 0 aromatic heterocycles. The van der Waals surface area contributed by atoms with E-state index >= 15 is 0 Å². The van der Waals surface area contributed by atoms with Gasteiger partial charge in [0, 0.05) is 17.5 Å². The van der Waals surface area contributed by atoms with E-state index in [1.807, 2.05) is 43.3 Å². The number of carbonyl (C=O) groups is 2. The number of nitrogens with two attached hydrogens (primary N) is 2. The van der Waals surface area contributed by atoms with Crippen molar-refractivity contribution in [3.05, 3.63) is 65.7 Å². The Morgan fingerprint density at radius 2 is 1.48 bits per heavy atom. The lowest BCUT2D eigenvalue weighted by Crippen LogP contribution is -2.07. The minimum Gasteiger partial charge on any atom is -0.466 e. The Morgan fingerprint density at radius 3 is 2.03 bits per heavy atom. The number of carbonyl (C=O) groups excluding carboxylic acids is 2. The van der Waals surface area contributed by atoms with Crippen molar-refractivity contribution in [3.63, 3.8) is 0 Å². The van der Waals surface area contributed by atoms with Crippen molar-refractivity contribution in [2.45, 2.75) is 26.2 Å². The van der Waals surface area contributed by atoms with Crippen LogP contribution >= 0.6 is 0 Å². The van der Waals surface area contributed by atoms with Crippen LogP contribution in [0, 0.1) is 5.92 Å². The van der Waals surface area contributed by atoms with Crippen molar-refractivity contribution in [1.29, 1.82) is 0 Å². The third-order valence-electron chi connectivity index (χ3n) is 4.38. The molecule has 0 unspecified atom stereocenters. The molecule has 6 nitrogen and oxygen atoms in total. The quantitative estimate of drug-likeness (QED) is 0.437. The second-order valence-corrected chi connectivity index (χ2v) is 6.62. The predicted octanol–water partition coefficient (Wildman–Crippen LogP) is 3.78. The summed E-state index contributed by atoms with van der Waals surface area (Å²) in [5.41, 5.74) is 14.7. The minimum absolute atomic E-state index is 0.0635. The van der Waals surface area contributed by atoms with Gasteiger partial charge in [0.25, 0.3) is 0 Å². The molecule has 0 saturated heterocycles. The molecular formula is C23H28N2O4. The number of rotatable bonds is 6. The maximum atomic E-state index is 11.4. The van der Waals surface area contributed by atoms with Gasteiger partial charge in [-0.05, 0) is 67.7 Å². The lowest BCUT2D eigenvalue weighted by Gasteiger charge is -2.01. The van der Waals surface area contributed by atoms with Crippen molar-refractivity contribution < 1.29 is 19.1 Å². The van der Waals surface area contributed by atoms with E-state index in [1.54, 1.807) is 25.1 Å². The van der Waals surface area contributed by atoms with Crippen LogP contribution in [0.5, 0.6) is 0 Å². The lowest BCUT2D eigenvalue weighted by atomic mass is 10.1. The summed E-state index contributed by atoms with van der Waals surface area (Å²) < 4.78 is 9.71. The van der Waals surface area contributed by atoms with Crippen LogP contribution in [-0.4, -0.2) is 25.2 Å². The molecule has 1 saturated carbocycles. The highest BCUT2D eigenvalue weighted by atomic mass is 16.5. The Bertz CT molecular complexity index is 829. The van der Waals surface area contributed by atoms with Crippen molar-refractivity contribution in [3.8, 4) is 0 Å². The first-order chi connectivity index (χ1) is 13.9. The highest BCUT2D eigenvalue weighted by Crippen LogP contribution is 2.48. The maximum absolute atomic E-state index is 11.4. The fraction of sp³-hybridized carbons (Fsp3) is 0.304. The van der Waals surface area contributed by atoms with E-state index in [9.17, 15) is 9.59 Å². The van der Waals surface area contributed by atoms with Gasteiger partial charge in [-0.2, -0.15) is 0 Å². The zero-order chi connectivity index (χ0) is 21.2. The van der Waals surface area contributed by atoms with Crippen LogP contribution in [0.3, 0.4) is 0 Å². The first-order valence-electron chi connectivity index (χ1n) is 9.67. The molecule has 2 aromatic rings. The number of hydrogen-bond acceptors (Lipinski definition) is 6. The molecular weight excluding hydrogens is 368 g/mol. The van der Waals surface area contributed by atoms with E-state index in [1.165, 1.54) is 11.6 Å². The second kappa shape index (κ2) is 10.9. The van der Waals surface area contributed by atoms with E-state index < -0.39 is 0 Å². The van der Waals surface area contributed by atoms with Crippen molar-refractivity contribution >= 4 is 29.4 Å². The molecule has 1 fully saturated rings. The standard InChI is InChI=1S/C12H15NO2.C11H13NO2/c1-2-15-12(14)11-7-10(11)8-3-5-9(13)6-4-8;1-2-14-11(13)8-5-9-3-6-10(12)7-4-9/h3-6,10-11H,2,7,13H2,1H3;3-8H,2,12H2,1H3/b;8-5+/t10-,11+;/m0./s1. The third kappa shape index (κ3) is 7.33. The van der Waals surface area contributed by atoms with Crippen LogP contribution in [0.2, 0.25) is 0 Å². The first-order valence-corrected chi connectivity index (χ1v) is 9.67. The summed E-state index contributed by atoms with van der Waals surface area (Å²) in [4.78, 5) is 22.4. The Morgan fingerprint density at radius 1 is 0.931 bits per heavy atom. The Hall–Kier alpha value is -3.28. The van der Waals surface area contributed by atoms with E-state index in [4.69, 9.17) is 20.9 Å². The van der Waals surface area contributed by atoms with Gasteiger partial charge in [-0.15, -0.1) is 0 Å². The minimum atomic E-state index is -0.329. The van der Waals surface area contributed by atoms with Crippen molar-refractivity contribution in [1.82, 2.24) is 0 Å². The lowest BCUT2D eigenvalue weighted by molar-refractivity contribution is -0.144. The van der Waals surface area contributed by atoms with Gasteiger partial charge in [-0.1, -0.05) is 24.3 Å². The summed E-state index contributed by atoms with van der Waals surface area (Å²) in [6.45, 7) is 4.46. The topological polar surface area (TPSA) is 105 Å². The van der Waals surface area contributed by atoms with Gasteiger partial charge < -0.3 is 20.9 Å². The van der Waals surface area contributed by atoms with Crippen molar-refractivity contribution in [2.24, 2.45) is 5.92 Å². The predicted molar refractivity (Wildman–Crippen MR) is 115 cm³/mol. The highest BCUT2D eigenvalue weighted by molar-refractivity contribution is 5.87. The van der Waals surface area contributed by atoms with Crippen molar-refractivity contribution in [2.75, 3.05) is 24.7 Å². The molecule has 0 heterocycles. The molecule has 0 aliphatic heterocycles. The maximum Gasteiger partial charge on any atom is 0.330 e. The van der Waals surface area contributed by atoms with E-state index in [0.29, 0.717) is 24.8 Å². The zero-order valence-electron chi connectivity index (χ0n) is 16.8. The Labute approximate surface area is 171 Å². The van der Waals surface area contributed by atoms with Crippen LogP contribution in [0.4, 0.5) is 11.4 Å². The van der Waals surface area contributed by atoms with Gasteiger partial charge in [0.15, 0.2) is 0 Å². The average molecular weight is 396 g/mol. The highest BCUT2D eigenvalue weighted by Gasteiger charge is 2.44. The van der Waals surface area contributed by atoms with Crippen LogP contribution in [-0.2, 0) is 19.1 Å². The zero-order valence-corrected chi connectivity index (χ0v) is 16.8. The fourth-order valence-corrected chi connectivity index (χ4v) is 2.78. The van der Waals surface area contributed by atoms with E-state index in [2.05, 4.69) is 0 Å². The molecule has 2 atom stereocenters. The largest absolute Gasteiger partial charge is 0.466 e. The third-order valence-corrected chi connectivity index (χ3v) is 4.38. The average Bonchev–Trinajstić information content (AvgIpc) is 3.50. The summed E-state index contributed by atoms with van der Waals surface area (Å²) >= 11 is 0. The molecule has 2 aromatic carbocycles. The molecule has 1 aliphatic rings. The van der Waals surface area contributed by atoms with Gasteiger partial charge in [-0.3, -0.25) is 4.79 Å². The summed E-state index contributed by atoms with van der Waals surface area (Å²) in [6, 6.07) is 15.0. The van der Waals surface area contributed by atoms with Crippen LogP contribution in [0.25, 0.3) is 6.08 Å². The molecule has 0 radical (unpaired) electrons. The number of hydrogen-bond donors (Lipinski definition) is 2. The monoisotopic (exact) mass is 396 g/mol. The van der Waals surface area contributed by atoms with E-state index in [-0.39, 0.29) is 17.9 Å². The smallest absolute Gasteiger partial charge is 0.330 e. The number of nitrogen functional groups attached to an aromatic ring is 2. The molecule has 0 bridgehead atoms. The summed E-state index contributed by atoms with van der Waals surface area (Å²) in [5.74, 6) is 0.00174. The molecule has 4 N–H and O–H groups in total. The molecule has 1 aliphatic carbocycles. The summed E-state index contributed by atoms with van der Waals surface area (Å²) in [5, 5.41) is 0. The first kappa shape index (κ1) is 22.0. The summed E-state index contributed by atoms with van der Waals surface area (Å²) in [6.07, 6.45) is 4.00. The van der Waals surface area contributed by atoms with Gasteiger partial charge in [0.1, 0.15) is 0 Å². The van der Waals surface area contributed by atoms with Crippen LogP contribution < -0.4 is 11.5 Å². The summed E-state index contributed by atoms with van der Waals surface area (Å²) in [7, 11) is 0. The van der Waals surface area contributed by atoms with Gasteiger partial charge in [0.2, 0.25) is 0 Å². The fourth-order valence-electron chi connectivity index (χ4n) is 2.78. The number of esters is 2. The molecule has 3 rings (SSSR count). The van der Waals surface area contributed by atoms with Gasteiger partial charge in [-0.25, -0.2) is 4.79 Å².